The van der Waals surface area contributed by atoms with E-state index in [4.69, 9.17) is 5.11 Å². The summed E-state index contributed by atoms with van der Waals surface area (Å²) in [4.78, 5) is 16.2. The van der Waals surface area contributed by atoms with Gasteiger partial charge in [-0.2, -0.15) is 0 Å². The molecule has 220 valence electrons. The van der Waals surface area contributed by atoms with E-state index in [1.165, 1.54) is 41.3 Å². The number of ether oxygens (including phenoxy) is 1. The number of carbonyl (C=O) groups is 1. The van der Waals surface area contributed by atoms with E-state index in [0.29, 0.717) is 12.5 Å². The first kappa shape index (κ1) is 29.3. The zero-order valence-corrected chi connectivity index (χ0v) is 23.2. The molecule has 0 spiro atoms. The predicted octanol–water partition coefficient (Wildman–Crippen LogP) is 5.84. The molecule has 4 aromatic rings. The maximum absolute atomic E-state index is 12.4. The second kappa shape index (κ2) is 12.8. The van der Waals surface area contributed by atoms with Crippen LogP contribution in [-0.4, -0.2) is 51.5 Å². The van der Waals surface area contributed by atoms with E-state index in [0.717, 1.165) is 43.6 Å². The summed E-state index contributed by atoms with van der Waals surface area (Å²) in [6.45, 7) is 4.66. The Hall–Kier alpha value is -4.15. The highest BCUT2D eigenvalue weighted by Gasteiger charge is 2.54. The molecule has 2 unspecified atom stereocenters. The molecule has 1 aliphatic carbocycles. The minimum atomic E-state index is -4.66. The lowest BCUT2D eigenvalue weighted by Crippen LogP contribution is -2.27. The first-order chi connectivity index (χ1) is 20.1. The number of carboxylic acid groups (broad SMARTS) is 1. The molecule has 10 heteroatoms. The third-order valence-electron chi connectivity index (χ3n) is 7.68. The fourth-order valence-electron chi connectivity index (χ4n) is 5.62. The number of nitrogens with one attached hydrogen (secondary N) is 1. The summed E-state index contributed by atoms with van der Waals surface area (Å²) >= 11 is 0. The van der Waals surface area contributed by atoms with E-state index in [-0.39, 0.29) is 11.4 Å². The fraction of sp³-hybridized carbons (Fsp3) is 0.312. The Balaban J connectivity index is 0.000000336. The van der Waals surface area contributed by atoms with E-state index in [1.54, 1.807) is 17.7 Å². The van der Waals surface area contributed by atoms with Gasteiger partial charge in [-0.05, 0) is 58.7 Å². The number of nitrogens with zero attached hydrogens (tertiary/aromatic N) is 3. The molecular formula is C32H33F3N4O3. The van der Waals surface area contributed by atoms with Crippen LogP contribution in [0.1, 0.15) is 21.6 Å². The van der Waals surface area contributed by atoms with Crippen molar-refractivity contribution in [1.29, 1.82) is 0 Å². The monoisotopic (exact) mass is 578 g/mol. The Kier molecular flexibility index (Phi) is 8.94. The molecule has 2 heterocycles. The summed E-state index contributed by atoms with van der Waals surface area (Å²) in [5, 5.41) is 11.7. The smallest absolute Gasteiger partial charge is 0.476 e. The van der Waals surface area contributed by atoms with Gasteiger partial charge in [0.1, 0.15) is 5.75 Å². The Labute approximate surface area is 242 Å². The van der Waals surface area contributed by atoms with Crippen LogP contribution in [-0.2, 0) is 20.1 Å². The Morgan fingerprint density at radius 3 is 2.26 bits per heavy atom. The van der Waals surface area contributed by atoms with Crippen LogP contribution in [0, 0.1) is 17.8 Å². The molecular weight excluding hydrogens is 545 g/mol. The number of aromatic nitrogens is 2. The topological polar surface area (TPSA) is 79.6 Å². The third kappa shape index (κ3) is 7.98. The Morgan fingerprint density at radius 2 is 1.67 bits per heavy atom. The SMILES string of the molecule is Cn1cnc(C(=O)O)c1.FC(F)(F)Oc1cccc(CNCC2C3CN(Cc4ccc(-c5ccccc5)cc4)CC23)c1. The van der Waals surface area contributed by atoms with Gasteiger partial charge in [-0.1, -0.05) is 66.7 Å². The van der Waals surface area contributed by atoms with Crippen molar-refractivity contribution in [2.75, 3.05) is 19.6 Å². The third-order valence-corrected chi connectivity index (χ3v) is 7.68. The van der Waals surface area contributed by atoms with E-state index >= 15 is 0 Å². The Bertz CT molecular complexity index is 1460. The average Bonchev–Trinajstić information content (AvgIpc) is 3.26. The van der Waals surface area contributed by atoms with Crippen LogP contribution in [0.2, 0.25) is 0 Å². The van der Waals surface area contributed by atoms with Gasteiger partial charge in [0.25, 0.3) is 0 Å². The van der Waals surface area contributed by atoms with E-state index < -0.39 is 12.3 Å². The zero-order valence-electron chi connectivity index (χ0n) is 23.2. The highest BCUT2D eigenvalue weighted by molar-refractivity contribution is 5.84. The molecule has 1 aromatic heterocycles. The molecule has 2 aliphatic rings. The molecule has 1 aliphatic heterocycles. The number of alkyl halides is 3. The van der Waals surface area contributed by atoms with Crippen molar-refractivity contribution >= 4 is 5.97 Å². The molecule has 6 rings (SSSR count). The summed E-state index contributed by atoms with van der Waals surface area (Å²) in [7, 11) is 1.72. The van der Waals surface area contributed by atoms with Gasteiger partial charge < -0.3 is 19.7 Å². The molecule has 1 saturated heterocycles. The number of carboxylic acids is 1. The van der Waals surface area contributed by atoms with E-state index in [9.17, 15) is 18.0 Å². The van der Waals surface area contributed by atoms with Crippen molar-refractivity contribution in [3.63, 3.8) is 0 Å². The largest absolute Gasteiger partial charge is 0.573 e. The standard InChI is InChI=1S/C27H27F3N2O.C5H6N2O2/c28-27(29,30)33-23-8-4-5-20(13-23)14-31-15-24-25-17-32(18-26(24)25)16-19-9-11-22(12-10-19)21-6-2-1-3-7-21;1-7-2-4(5(8)9)6-3-7/h1-13,24-26,31H,14-18H2;2-3H,1H3,(H,8,9). The molecule has 0 bridgehead atoms. The molecule has 0 amide bonds. The van der Waals surface area contributed by atoms with Crippen LogP contribution in [0.25, 0.3) is 11.1 Å². The Morgan fingerprint density at radius 1 is 0.976 bits per heavy atom. The van der Waals surface area contributed by atoms with Crippen LogP contribution in [0.5, 0.6) is 5.75 Å². The molecule has 2 N–H and O–H groups in total. The van der Waals surface area contributed by atoms with Gasteiger partial charge in [0.15, 0.2) is 5.69 Å². The molecule has 1 saturated carbocycles. The van der Waals surface area contributed by atoms with Crippen LogP contribution in [0.3, 0.4) is 0 Å². The van der Waals surface area contributed by atoms with Gasteiger partial charge in [-0.3, -0.25) is 4.90 Å². The summed E-state index contributed by atoms with van der Waals surface area (Å²) in [5.74, 6) is 0.950. The molecule has 0 radical (unpaired) electrons. The summed E-state index contributed by atoms with van der Waals surface area (Å²) in [6, 6.07) is 25.4. The van der Waals surface area contributed by atoms with Gasteiger partial charge >= 0.3 is 12.3 Å². The predicted molar refractivity (Wildman–Crippen MR) is 153 cm³/mol. The second-order valence-corrected chi connectivity index (χ2v) is 10.8. The quantitative estimate of drug-likeness (QED) is 0.260. The van der Waals surface area contributed by atoms with Crippen molar-refractivity contribution in [2.24, 2.45) is 24.8 Å². The lowest BCUT2D eigenvalue weighted by atomic mass is 10.0. The van der Waals surface area contributed by atoms with Crippen molar-refractivity contribution in [1.82, 2.24) is 19.8 Å². The van der Waals surface area contributed by atoms with Crippen LogP contribution in [0.15, 0.2) is 91.4 Å². The first-order valence-electron chi connectivity index (χ1n) is 13.8. The summed E-state index contributed by atoms with van der Waals surface area (Å²) in [6.07, 6.45) is -1.76. The number of aryl methyl sites for hydroxylation is 1. The van der Waals surface area contributed by atoms with Crippen molar-refractivity contribution in [2.45, 2.75) is 19.5 Å². The number of fused-ring (bicyclic) bond motifs is 1. The number of aromatic carboxylic acids is 1. The fourth-order valence-corrected chi connectivity index (χ4v) is 5.62. The van der Waals surface area contributed by atoms with Crippen LogP contribution in [0.4, 0.5) is 13.2 Å². The number of imidazole rings is 1. The number of halogens is 3. The number of piperidine rings is 1. The summed E-state index contributed by atoms with van der Waals surface area (Å²) in [5.41, 5.74) is 4.69. The minimum Gasteiger partial charge on any atom is -0.476 e. The van der Waals surface area contributed by atoms with Crippen LogP contribution >= 0.6 is 0 Å². The number of hydrogen-bond donors (Lipinski definition) is 2. The molecule has 7 nitrogen and oxygen atoms in total. The molecule has 3 aromatic carbocycles. The lowest BCUT2D eigenvalue weighted by molar-refractivity contribution is -0.274. The highest BCUT2D eigenvalue weighted by Crippen LogP contribution is 2.51. The number of benzene rings is 3. The zero-order chi connectivity index (χ0) is 29.7. The van der Waals surface area contributed by atoms with Crippen molar-refractivity contribution in [3.05, 3.63) is 108 Å². The van der Waals surface area contributed by atoms with Crippen molar-refractivity contribution < 1.29 is 27.8 Å². The maximum Gasteiger partial charge on any atom is 0.573 e. The van der Waals surface area contributed by atoms with E-state index in [2.05, 4.69) is 68.5 Å². The normalized spacial score (nSPS) is 19.5. The van der Waals surface area contributed by atoms with Gasteiger partial charge in [0, 0.05) is 39.4 Å². The molecule has 2 fully saturated rings. The molecule has 2 atom stereocenters. The summed E-state index contributed by atoms with van der Waals surface area (Å²) < 4.78 is 42.7. The van der Waals surface area contributed by atoms with Gasteiger partial charge in [-0.25, -0.2) is 9.78 Å². The molecule has 42 heavy (non-hydrogen) atoms. The highest BCUT2D eigenvalue weighted by atomic mass is 19.4. The average molecular weight is 579 g/mol. The number of hydrogen-bond acceptors (Lipinski definition) is 5. The second-order valence-electron chi connectivity index (χ2n) is 10.8. The van der Waals surface area contributed by atoms with Gasteiger partial charge in [0.2, 0.25) is 0 Å². The number of likely N-dealkylation sites (tertiary alicyclic amines) is 1. The maximum atomic E-state index is 12.4. The van der Waals surface area contributed by atoms with Crippen molar-refractivity contribution in [3.8, 4) is 16.9 Å². The van der Waals surface area contributed by atoms with E-state index in [1.807, 2.05) is 12.1 Å². The van der Waals surface area contributed by atoms with Gasteiger partial charge in [-0.15, -0.1) is 13.2 Å². The minimum absolute atomic E-state index is 0.0810. The van der Waals surface area contributed by atoms with Crippen LogP contribution < -0.4 is 10.1 Å². The lowest BCUT2D eigenvalue weighted by Gasteiger charge is -2.20. The number of rotatable bonds is 9. The first-order valence-corrected chi connectivity index (χ1v) is 13.8. The van der Waals surface area contributed by atoms with Gasteiger partial charge in [0.05, 0.1) is 6.33 Å².